The third-order valence-corrected chi connectivity index (χ3v) is 3.76. The van der Waals surface area contributed by atoms with Gasteiger partial charge in [0.25, 0.3) is 0 Å². The zero-order valence-electron chi connectivity index (χ0n) is 11.7. The van der Waals surface area contributed by atoms with E-state index in [4.69, 9.17) is 0 Å². The molecule has 1 aliphatic carbocycles. The van der Waals surface area contributed by atoms with Crippen molar-refractivity contribution in [3.8, 4) is 0 Å². The van der Waals surface area contributed by atoms with Crippen LogP contribution < -0.4 is 5.32 Å². The first-order valence-electron chi connectivity index (χ1n) is 7.00. The molecular weight excluding hydrogens is 242 g/mol. The molecule has 2 rings (SSSR count). The molecule has 19 heavy (non-hydrogen) atoms. The summed E-state index contributed by atoms with van der Waals surface area (Å²) in [7, 11) is 0. The Balaban J connectivity index is 1.68. The predicted molar refractivity (Wildman–Crippen MR) is 72.7 cm³/mol. The maximum Gasteiger partial charge on any atom is 0.221 e. The molecule has 2 unspecified atom stereocenters. The first-order chi connectivity index (χ1) is 9.04. The lowest BCUT2D eigenvalue weighted by Crippen LogP contribution is -2.29. The van der Waals surface area contributed by atoms with Crippen molar-refractivity contribution in [2.75, 3.05) is 6.54 Å². The Morgan fingerprint density at radius 2 is 2.32 bits per heavy atom. The lowest BCUT2D eigenvalue weighted by atomic mass is 10.1. The third kappa shape index (κ3) is 4.06. The van der Waals surface area contributed by atoms with Crippen LogP contribution in [0, 0.1) is 19.8 Å². The van der Waals surface area contributed by atoms with Gasteiger partial charge < -0.3 is 10.4 Å². The maximum absolute atomic E-state index is 11.8. The molecule has 1 aromatic rings. The van der Waals surface area contributed by atoms with Crippen LogP contribution >= 0.6 is 0 Å². The number of aryl methyl sites for hydroxylation is 3. The Labute approximate surface area is 114 Å². The van der Waals surface area contributed by atoms with Crippen LogP contribution in [-0.2, 0) is 11.3 Å². The number of nitrogens with zero attached hydrogens (tertiary/aromatic N) is 2. The Kier molecular flexibility index (Phi) is 4.58. The number of amides is 1. The average molecular weight is 265 g/mol. The fourth-order valence-electron chi connectivity index (χ4n) is 2.69. The predicted octanol–water partition coefficient (Wildman–Crippen LogP) is 1.17. The highest BCUT2D eigenvalue weighted by molar-refractivity contribution is 5.75. The van der Waals surface area contributed by atoms with Crippen LogP contribution in [0.15, 0.2) is 6.07 Å². The summed E-state index contributed by atoms with van der Waals surface area (Å²) in [6, 6.07) is 2.01. The summed E-state index contributed by atoms with van der Waals surface area (Å²) in [5.41, 5.74) is 2.07. The summed E-state index contributed by atoms with van der Waals surface area (Å²) in [5, 5.41) is 16.7. The van der Waals surface area contributed by atoms with Gasteiger partial charge in [-0.2, -0.15) is 5.10 Å². The minimum absolute atomic E-state index is 0.0638. The summed E-state index contributed by atoms with van der Waals surface area (Å²) in [6.45, 7) is 5.26. The molecule has 5 nitrogen and oxygen atoms in total. The topological polar surface area (TPSA) is 67.2 Å². The van der Waals surface area contributed by atoms with Crippen molar-refractivity contribution in [1.82, 2.24) is 15.1 Å². The van der Waals surface area contributed by atoms with Gasteiger partial charge in [-0.05, 0) is 45.1 Å². The lowest BCUT2D eigenvalue weighted by molar-refractivity contribution is -0.121. The van der Waals surface area contributed by atoms with E-state index in [1.807, 2.05) is 24.6 Å². The molecule has 0 aliphatic heterocycles. The van der Waals surface area contributed by atoms with Crippen molar-refractivity contribution >= 4 is 5.91 Å². The molecule has 1 fully saturated rings. The molecular formula is C14H23N3O2. The van der Waals surface area contributed by atoms with Gasteiger partial charge in [0, 0.05) is 25.2 Å². The summed E-state index contributed by atoms with van der Waals surface area (Å²) >= 11 is 0. The zero-order chi connectivity index (χ0) is 13.8. The summed E-state index contributed by atoms with van der Waals surface area (Å²) < 4.78 is 1.87. The number of aromatic nitrogens is 2. The van der Waals surface area contributed by atoms with E-state index in [2.05, 4.69) is 10.4 Å². The SMILES string of the molecule is Cc1cc(C)n(CCC(=O)NCC2CCC(O)C2)n1. The second-order valence-electron chi connectivity index (χ2n) is 5.54. The second-order valence-corrected chi connectivity index (χ2v) is 5.54. The highest BCUT2D eigenvalue weighted by atomic mass is 16.3. The Bertz CT molecular complexity index is 442. The van der Waals surface area contributed by atoms with E-state index in [0.717, 1.165) is 30.7 Å². The standard InChI is InChI=1S/C14H23N3O2/c1-10-7-11(2)17(16-10)6-5-14(19)15-9-12-3-4-13(18)8-12/h7,12-13,18H,3-6,8-9H2,1-2H3,(H,15,19). The monoisotopic (exact) mass is 265 g/mol. The summed E-state index contributed by atoms with van der Waals surface area (Å²) in [5.74, 6) is 0.501. The number of hydrogen-bond acceptors (Lipinski definition) is 3. The van der Waals surface area contributed by atoms with E-state index in [1.165, 1.54) is 0 Å². The molecule has 5 heteroatoms. The van der Waals surface area contributed by atoms with Crippen molar-refractivity contribution in [2.45, 2.75) is 52.2 Å². The molecule has 0 spiro atoms. The molecule has 2 atom stereocenters. The normalized spacial score (nSPS) is 22.7. The third-order valence-electron chi connectivity index (χ3n) is 3.76. The van der Waals surface area contributed by atoms with Crippen LogP contribution in [0.1, 0.15) is 37.1 Å². The highest BCUT2D eigenvalue weighted by Gasteiger charge is 2.22. The second kappa shape index (κ2) is 6.19. The Morgan fingerprint density at radius 3 is 2.89 bits per heavy atom. The minimum Gasteiger partial charge on any atom is -0.393 e. The molecule has 1 aromatic heterocycles. The van der Waals surface area contributed by atoms with Crippen molar-refractivity contribution in [3.63, 3.8) is 0 Å². The fraction of sp³-hybridized carbons (Fsp3) is 0.714. The molecule has 1 heterocycles. The van der Waals surface area contributed by atoms with Crippen LogP contribution in [0.25, 0.3) is 0 Å². The number of aliphatic hydroxyl groups is 1. The quantitative estimate of drug-likeness (QED) is 0.839. The number of hydrogen-bond donors (Lipinski definition) is 2. The van der Waals surface area contributed by atoms with Crippen LogP contribution in [0.4, 0.5) is 0 Å². The van der Waals surface area contributed by atoms with Gasteiger partial charge in [-0.1, -0.05) is 0 Å². The van der Waals surface area contributed by atoms with Gasteiger partial charge >= 0.3 is 0 Å². The van der Waals surface area contributed by atoms with E-state index >= 15 is 0 Å². The minimum atomic E-state index is -0.170. The van der Waals surface area contributed by atoms with Crippen LogP contribution in [0.5, 0.6) is 0 Å². The summed E-state index contributed by atoms with van der Waals surface area (Å²) in [6.07, 6.45) is 2.98. The average Bonchev–Trinajstić information content (AvgIpc) is 2.90. The van der Waals surface area contributed by atoms with E-state index in [-0.39, 0.29) is 12.0 Å². The fourth-order valence-corrected chi connectivity index (χ4v) is 2.69. The van der Waals surface area contributed by atoms with Gasteiger partial charge in [0.1, 0.15) is 0 Å². The van der Waals surface area contributed by atoms with E-state index in [1.54, 1.807) is 0 Å². The molecule has 1 aliphatic rings. The molecule has 106 valence electrons. The Hall–Kier alpha value is -1.36. The van der Waals surface area contributed by atoms with Crippen molar-refractivity contribution in [3.05, 3.63) is 17.5 Å². The lowest BCUT2D eigenvalue weighted by Gasteiger charge is -2.11. The van der Waals surface area contributed by atoms with E-state index < -0.39 is 0 Å². The van der Waals surface area contributed by atoms with Crippen molar-refractivity contribution in [1.29, 1.82) is 0 Å². The maximum atomic E-state index is 11.8. The van der Waals surface area contributed by atoms with Crippen LogP contribution in [-0.4, -0.2) is 33.4 Å². The largest absolute Gasteiger partial charge is 0.393 e. The van der Waals surface area contributed by atoms with Gasteiger partial charge in [-0.25, -0.2) is 0 Å². The van der Waals surface area contributed by atoms with Gasteiger partial charge in [-0.15, -0.1) is 0 Å². The van der Waals surface area contributed by atoms with E-state index in [0.29, 0.717) is 25.4 Å². The number of nitrogens with one attached hydrogen (secondary N) is 1. The number of carbonyl (C=O) groups is 1. The number of aliphatic hydroxyl groups excluding tert-OH is 1. The van der Waals surface area contributed by atoms with Gasteiger partial charge in [0.05, 0.1) is 11.8 Å². The highest BCUT2D eigenvalue weighted by Crippen LogP contribution is 2.24. The van der Waals surface area contributed by atoms with Gasteiger partial charge in [0.2, 0.25) is 5.91 Å². The van der Waals surface area contributed by atoms with Crippen molar-refractivity contribution < 1.29 is 9.90 Å². The Morgan fingerprint density at radius 1 is 1.53 bits per heavy atom. The molecule has 0 radical (unpaired) electrons. The van der Waals surface area contributed by atoms with Crippen LogP contribution in [0.3, 0.4) is 0 Å². The number of carbonyl (C=O) groups excluding carboxylic acids is 1. The van der Waals surface area contributed by atoms with Crippen LogP contribution in [0.2, 0.25) is 0 Å². The van der Waals surface area contributed by atoms with E-state index in [9.17, 15) is 9.90 Å². The summed E-state index contributed by atoms with van der Waals surface area (Å²) in [4.78, 5) is 11.8. The first-order valence-corrected chi connectivity index (χ1v) is 7.00. The molecule has 0 aromatic carbocycles. The number of rotatable bonds is 5. The molecule has 1 saturated carbocycles. The van der Waals surface area contributed by atoms with Crippen molar-refractivity contribution in [2.24, 2.45) is 5.92 Å². The first kappa shape index (κ1) is 14.1. The molecule has 1 amide bonds. The molecule has 2 N–H and O–H groups in total. The molecule has 0 bridgehead atoms. The van der Waals surface area contributed by atoms with Gasteiger partial charge in [0.15, 0.2) is 0 Å². The zero-order valence-corrected chi connectivity index (χ0v) is 11.7. The molecule has 0 saturated heterocycles. The smallest absolute Gasteiger partial charge is 0.221 e. The van der Waals surface area contributed by atoms with Gasteiger partial charge in [-0.3, -0.25) is 9.48 Å².